The fourth-order valence-corrected chi connectivity index (χ4v) is 3.43. The molecule has 0 heterocycles. The van der Waals surface area contributed by atoms with Gasteiger partial charge < -0.3 is 10.2 Å². The molecular formula is C23H40N2. The first-order chi connectivity index (χ1) is 12.1. The average Bonchev–Trinajstić information content (AvgIpc) is 2.80. The minimum atomic E-state index is 0.705. The summed E-state index contributed by atoms with van der Waals surface area (Å²) in [6.07, 6.45) is 15.1. The molecule has 0 saturated carbocycles. The van der Waals surface area contributed by atoms with Crippen molar-refractivity contribution in [3.8, 4) is 0 Å². The summed E-state index contributed by atoms with van der Waals surface area (Å²) >= 11 is 0. The van der Waals surface area contributed by atoms with Gasteiger partial charge in [-0.2, -0.15) is 0 Å². The third-order valence-corrected chi connectivity index (χ3v) is 5.08. The van der Waals surface area contributed by atoms with Crippen LogP contribution >= 0.6 is 0 Å². The standard InChI is InChI=1S/C23H40N2/c1-6-22(23-13-9-8-12-21(5)19-23)14-15-24-16-18-25(7-2)17-10-11-20(3)4/h8-9,12,19,22,24H,3,6-7,10-11,13-18H2,1-2,4-5H3. The second kappa shape index (κ2) is 13.1. The van der Waals surface area contributed by atoms with Gasteiger partial charge in [0, 0.05) is 13.1 Å². The molecule has 1 unspecified atom stereocenters. The van der Waals surface area contributed by atoms with Gasteiger partial charge in [0.1, 0.15) is 0 Å². The molecule has 0 aromatic carbocycles. The van der Waals surface area contributed by atoms with Crippen LogP contribution in [0.25, 0.3) is 0 Å². The molecule has 142 valence electrons. The van der Waals surface area contributed by atoms with Crippen LogP contribution in [0.5, 0.6) is 0 Å². The molecule has 0 spiro atoms. The summed E-state index contributed by atoms with van der Waals surface area (Å²) in [6.45, 7) is 18.6. The van der Waals surface area contributed by atoms with Crippen LogP contribution in [0, 0.1) is 5.92 Å². The number of nitrogens with zero attached hydrogens (tertiary/aromatic N) is 1. The van der Waals surface area contributed by atoms with E-state index >= 15 is 0 Å². The molecule has 0 amide bonds. The van der Waals surface area contributed by atoms with E-state index in [2.05, 4.69) is 68.8 Å². The topological polar surface area (TPSA) is 15.3 Å². The molecule has 1 aliphatic carbocycles. The molecule has 1 aliphatic rings. The Kier molecular flexibility index (Phi) is 11.5. The van der Waals surface area contributed by atoms with E-state index in [1.54, 1.807) is 5.57 Å². The molecule has 0 bridgehead atoms. The summed E-state index contributed by atoms with van der Waals surface area (Å²) in [5, 5.41) is 3.66. The van der Waals surface area contributed by atoms with E-state index < -0.39 is 0 Å². The molecule has 0 aliphatic heterocycles. The summed E-state index contributed by atoms with van der Waals surface area (Å²) < 4.78 is 0. The predicted molar refractivity (Wildman–Crippen MR) is 113 cm³/mol. The zero-order valence-electron chi connectivity index (χ0n) is 17.1. The van der Waals surface area contributed by atoms with Gasteiger partial charge in [0.2, 0.25) is 0 Å². The van der Waals surface area contributed by atoms with Gasteiger partial charge in [-0.05, 0) is 71.5 Å². The van der Waals surface area contributed by atoms with Crippen molar-refractivity contribution < 1.29 is 0 Å². The molecule has 25 heavy (non-hydrogen) atoms. The maximum atomic E-state index is 3.99. The van der Waals surface area contributed by atoms with Crippen LogP contribution in [-0.2, 0) is 0 Å². The molecule has 0 radical (unpaired) electrons. The Morgan fingerprint density at radius 2 is 2.08 bits per heavy atom. The Hall–Kier alpha value is -1.12. The molecule has 2 nitrogen and oxygen atoms in total. The van der Waals surface area contributed by atoms with Gasteiger partial charge in [-0.15, -0.1) is 6.58 Å². The second-order valence-electron chi connectivity index (χ2n) is 7.40. The maximum absolute atomic E-state index is 3.99. The normalized spacial score (nSPS) is 15.7. The van der Waals surface area contributed by atoms with Crippen molar-refractivity contribution in [3.63, 3.8) is 0 Å². The average molecular weight is 345 g/mol. The minimum Gasteiger partial charge on any atom is -0.315 e. The number of likely N-dealkylation sites (N-methyl/N-ethyl adjacent to an activating group) is 1. The summed E-state index contributed by atoms with van der Waals surface area (Å²) in [7, 11) is 0. The van der Waals surface area contributed by atoms with Gasteiger partial charge in [0.05, 0.1) is 0 Å². The smallest absolute Gasteiger partial charge is 0.0107 e. The maximum Gasteiger partial charge on any atom is 0.0107 e. The number of rotatable bonds is 13. The number of hydrogen-bond acceptors (Lipinski definition) is 2. The Labute approximate surface area is 156 Å². The van der Waals surface area contributed by atoms with Crippen molar-refractivity contribution in [1.29, 1.82) is 0 Å². The van der Waals surface area contributed by atoms with Crippen molar-refractivity contribution >= 4 is 0 Å². The van der Waals surface area contributed by atoms with Gasteiger partial charge in [-0.1, -0.05) is 54.9 Å². The van der Waals surface area contributed by atoms with Crippen LogP contribution in [0.1, 0.15) is 59.8 Å². The van der Waals surface area contributed by atoms with Crippen molar-refractivity contribution in [3.05, 3.63) is 47.6 Å². The highest BCUT2D eigenvalue weighted by molar-refractivity contribution is 5.31. The lowest BCUT2D eigenvalue weighted by atomic mass is 9.90. The predicted octanol–water partition coefficient (Wildman–Crippen LogP) is 5.50. The lowest BCUT2D eigenvalue weighted by Gasteiger charge is -2.22. The molecule has 2 heteroatoms. The molecule has 0 aromatic heterocycles. The SMILES string of the molecule is C=C(C)CCCN(CC)CCNCCC(CC)C1=CC(C)=CC=CC1. The van der Waals surface area contributed by atoms with Crippen LogP contribution in [0.4, 0.5) is 0 Å². The van der Waals surface area contributed by atoms with E-state index in [9.17, 15) is 0 Å². The fourth-order valence-electron chi connectivity index (χ4n) is 3.43. The molecule has 0 saturated heterocycles. The van der Waals surface area contributed by atoms with Gasteiger partial charge in [0.25, 0.3) is 0 Å². The third kappa shape index (κ3) is 9.81. The van der Waals surface area contributed by atoms with Crippen molar-refractivity contribution in [1.82, 2.24) is 10.2 Å². The first-order valence-electron chi connectivity index (χ1n) is 10.2. The molecule has 1 N–H and O–H groups in total. The van der Waals surface area contributed by atoms with Gasteiger partial charge >= 0.3 is 0 Å². The largest absolute Gasteiger partial charge is 0.315 e. The molecule has 1 rings (SSSR count). The minimum absolute atomic E-state index is 0.705. The highest BCUT2D eigenvalue weighted by Crippen LogP contribution is 2.25. The highest BCUT2D eigenvalue weighted by Gasteiger charge is 2.12. The van der Waals surface area contributed by atoms with Crippen LogP contribution < -0.4 is 5.32 Å². The van der Waals surface area contributed by atoms with Crippen molar-refractivity contribution in [2.75, 3.05) is 32.7 Å². The molecule has 1 atom stereocenters. The van der Waals surface area contributed by atoms with Gasteiger partial charge in [0.15, 0.2) is 0 Å². The van der Waals surface area contributed by atoms with E-state index in [0.717, 1.165) is 39.0 Å². The van der Waals surface area contributed by atoms with Crippen LogP contribution in [-0.4, -0.2) is 37.6 Å². The lowest BCUT2D eigenvalue weighted by Crippen LogP contribution is -2.33. The van der Waals surface area contributed by atoms with Crippen molar-refractivity contribution in [2.45, 2.75) is 59.8 Å². The first kappa shape index (κ1) is 21.9. The zero-order valence-corrected chi connectivity index (χ0v) is 17.1. The Morgan fingerprint density at radius 1 is 1.28 bits per heavy atom. The van der Waals surface area contributed by atoms with Crippen LogP contribution in [0.15, 0.2) is 47.6 Å². The van der Waals surface area contributed by atoms with E-state index in [1.165, 1.54) is 37.0 Å². The Bertz CT molecular complexity index is 470. The van der Waals surface area contributed by atoms with Crippen molar-refractivity contribution in [2.24, 2.45) is 5.92 Å². The molecule has 0 fully saturated rings. The monoisotopic (exact) mass is 344 g/mol. The number of nitrogens with one attached hydrogen (secondary N) is 1. The Balaban J connectivity index is 2.25. The summed E-state index contributed by atoms with van der Waals surface area (Å²) in [5.41, 5.74) is 4.28. The van der Waals surface area contributed by atoms with E-state index in [-0.39, 0.29) is 0 Å². The first-order valence-corrected chi connectivity index (χ1v) is 10.2. The third-order valence-electron chi connectivity index (χ3n) is 5.08. The number of allylic oxidation sites excluding steroid dienone is 7. The zero-order chi connectivity index (χ0) is 18.5. The molecular weight excluding hydrogens is 304 g/mol. The summed E-state index contributed by atoms with van der Waals surface area (Å²) in [6, 6.07) is 0. The highest BCUT2D eigenvalue weighted by atomic mass is 15.1. The van der Waals surface area contributed by atoms with Crippen LogP contribution in [0.2, 0.25) is 0 Å². The Morgan fingerprint density at radius 3 is 2.76 bits per heavy atom. The number of hydrogen-bond donors (Lipinski definition) is 1. The fraction of sp³-hybridized carbons (Fsp3) is 0.652. The second-order valence-corrected chi connectivity index (χ2v) is 7.40. The molecule has 0 aromatic rings. The van der Waals surface area contributed by atoms with E-state index in [1.807, 2.05) is 0 Å². The van der Waals surface area contributed by atoms with Gasteiger partial charge in [-0.3, -0.25) is 0 Å². The van der Waals surface area contributed by atoms with Crippen LogP contribution in [0.3, 0.4) is 0 Å². The lowest BCUT2D eigenvalue weighted by molar-refractivity contribution is 0.282. The summed E-state index contributed by atoms with van der Waals surface area (Å²) in [4.78, 5) is 2.54. The van der Waals surface area contributed by atoms with E-state index in [4.69, 9.17) is 0 Å². The summed E-state index contributed by atoms with van der Waals surface area (Å²) in [5.74, 6) is 0.705. The van der Waals surface area contributed by atoms with E-state index in [0.29, 0.717) is 5.92 Å². The van der Waals surface area contributed by atoms with Gasteiger partial charge in [-0.25, -0.2) is 0 Å². The quantitative estimate of drug-likeness (QED) is 0.350.